The molecule has 0 saturated carbocycles. The third-order valence-electron chi connectivity index (χ3n) is 2.39. The summed E-state index contributed by atoms with van der Waals surface area (Å²) < 4.78 is 0.722. The summed E-state index contributed by atoms with van der Waals surface area (Å²) in [5, 5.41) is 0.442. The highest BCUT2D eigenvalue weighted by Crippen LogP contribution is 2.27. The summed E-state index contributed by atoms with van der Waals surface area (Å²) in [5.74, 6) is 0.321. The molecule has 0 N–H and O–H groups in total. The van der Waals surface area contributed by atoms with E-state index in [0.29, 0.717) is 23.0 Å². The molecule has 1 aromatic rings. The topological polar surface area (TPSA) is 20.3 Å². The zero-order valence-electron chi connectivity index (χ0n) is 9.71. The van der Waals surface area contributed by atoms with E-state index in [0.717, 1.165) is 4.47 Å². The van der Waals surface area contributed by atoms with E-state index in [1.165, 1.54) is 0 Å². The Labute approximate surface area is 120 Å². The van der Waals surface area contributed by atoms with Crippen LogP contribution in [0.25, 0.3) is 0 Å². The Balaban J connectivity index is 3.05. The molecule has 1 aromatic carbocycles. The van der Waals surface area contributed by atoms with Gasteiger partial charge in [0.25, 0.3) is 5.91 Å². The Morgan fingerprint density at radius 1 is 1.47 bits per heavy atom. The van der Waals surface area contributed by atoms with E-state index in [-0.39, 0.29) is 11.9 Å². The molecular formula is C12H14BrCl2NO. The monoisotopic (exact) mass is 337 g/mol. The van der Waals surface area contributed by atoms with Gasteiger partial charge in [-0.3, -0.25) is 4.79 Å². The number of nitrogens with zero attached hydrogens (tertiary/aromatic N) is 1. The number of alkyl halides is 1. The van der Waals surface area contributed by atoms with E-state index in [1.54, 1.807) is 23.1 Å². The van der Waals surface area contributed by atoms with Gasteiger partial charge in [0.05, 0.1) is 10.6 Å². The number of benzene rings is 1. The van der Waals surface area contributed by atoms with Crippen LogP contribution in [0.5, 0.6) is 0 Å². The molecule has 0 bridgehead atoms. The molecular weight excluding hydrogens is 325 g/mol. The molecule has 0 atom stereocenters. The van der Waals surface area contributed by atoms with Gasteiger partial charge in [0, 0.05) is 22.9 Å². The zero-order chi connectivity index (χ0) is 13.0. The number of rotatable bonds is 4. The van der Waals surface area contributed by atoms with Gasteiger partial charge in [-0.1, -0.05) is 17.7 Å². The van der Waals surface area contributed by atoms with Gasteiger partial charge in [-0.2, -0.15) is 0 Å². The molecule has 1 amide bonds. The molecule has 0 aliphatic rings. The largest absolute Gasteiger partial charge is 0.335 e. The van der Waals surface area contributed by atoms with E-state index >= 15 is 0 Å². The number of amides is 1. The molecule has 0 spiro atoms. The number of halogens is 3. The SMILES string of the molecule is CC(C)N(CCCl)C(=O)c1cccc(Br)c1Cl. The normalized spacial score (nSPS) is 10.7. The van der Waals surface area contributed by atoms with Crippen molar-refractivity contribution in [1.29, 1.82) is 0 Å². The first kappa shape index (κ1) is 14.8. The Kier molecular flexibility index (Phi) is 5.77. The fourth-order valence-electron chi connectivity index (χ4n) is 1.51. The highest BCUT2D eigenvalue weighted by molar-refractivity contribution is 9.10. The van der Waals surface area contributed by atoms with E-state index in [2.05, 4.69) is 15.9 Å². The predicted molar refractivity (Wildman–Crippen MR) is 76.0 cm³/mol. The standard InChI is InChI=1S/C12H14BrCl2NO/c1-8(2)16(7-6-14)12(17)9-4-3-5-10(13)11(9)15/h3-5,8H,6-7H2,1-2H3. The molecule has 17 heavy (non-hydrogen) atoms. The maximum absolute atomic E-state index is 12.3. The van der Waals surface area contributed by atoms with Gasteiger partial charge in [0.15, 0.2) is 0 Å². The Bertz CT molecular complexity index is 409. The maximum Gasteiger partial charge on any atom is 0.255 e. The van der Waals surface area contributed by atoms with Crippen LogP contribution in [0.3, 0.4) is 0 Å². The molecule has 0 aliphatic heterocycles. The van der Waals surface area contributed by atoms with E-state index in [4.69, 9.17) is 23.2 Å². The van der Waals surface area contributed by atoms with Crippen molar-refractivity contribution in [3.05, 3.63) is 33.3 Å². The fraction of sp³-hybridized carbons (Fsp3) is 0.417. The first-order valence-electron chi connectivity index (χ1n) is 5.30. The molecule has 5 heteroatoms. The quantitative estimate of drug-likeness (QED) is 0.754. The van der Waals surface area contributed by atoms with E-state index in [1.807, 2.05) is 13.8 Å². The van der Waals surface area contributed by atoms with E-state index < -0.39 is 0 Å². The highest BCUT2D eigenvalue weighted by atomic mass is 79.9. The van der Waals surface area contributed by atoms with Crippen molar-refractivity contribution >= 4 is 45.0 Å². The molecule has 0 aliphatic carbocycles. The van der Waals surface area contributed by atoms with Crippen LogP contribution in [0.2, 0.25) is 5.02 Å². The average molecular weight is 339 g/mol. The van der Waals surface area contributed by atoms with Crippen molar-refractivity contribution in [1.82, 2.24) is 4.90 Å². The number of carbonyl (C=O) groups excluding carboxylic acids is 1. The smallest absolute Gasteiger partial charge is 0.255 e. The van der Waals surface area contributed by atoms with Crippen molar-refractivity contribution < 1.29 is 4.79 Å². The van der Waals surface area contributed by atoms with Crippen LogP contribution in [0.1, 0.15) is 24.2 Å². The van der Waals surface area contributed by atoms with Gasteiger partial charge in [0.1, 0.15) is 0 Å². The number of hydrogen-bond donors (Lipinski definition) is 0. The lowest BCUT2D eigenvalue weighted by Crippen LogP contribution is -2.38. The van der Waals surface area contributed by atoms with Gasteiger partial charge in [-0.05, 0) is 41.9 Å². The van der Waals surface area contributed by atoms with Gasteiger partial charge in [-0.15, -0.1) is 11.6 Å². The second kappa shape index (κ2) is 6.62. The van der Waals surface area contributed by atoms with Crippen LogP contribution >= 0.6 is 39.1 Å². The minimum absolute atomic E-state index is 0.0908. The summed E-state index contributed by atoms with van der Waals surface area (Å²) in [6.45, 7) is 4.42. The van der Waals surface area contributed by atoms with Crippen molar-refractivity contribution in [3.8, 4) is 0 Å². The predicted octanol–water partition coefficient (Wildman–Crippen LogP) is 4.19. The number of hydrogen-bond acceptors (Lipinski definition) is 1. The second-order valence-electron chi connectivity index (χ2n) is 3.88. The molecule has 0 aromatic heterocycles. The van der Waals surface area contributed by atoms with Crippen molar-refractivity contribution in [2.45, 2.75) is 19.9 Å². The maximum atomic E-state index is 12.3. The summed E-state index contributed by atoms with van der Waals surface area (Å²) in [5.41, 5.74) is 0.500. The summed E-state index contributed by atoms with van der Waals surface area (Å²) >= 11 is 15.1. The summed E-state index contributed by atoms with van der Waals surface area (Å²) in [6, 6.07) is 5.42. The molecule has 0 fully saturated rings. The van der Waals surface area contributed by atoms with E-state index in [9.17, 15) is 4.79 Å². The molecule has 0 unspecified atom stereocenters. The fourth-order valence-corrected chi connectivity index (χ4v) is 2.26. The number of carbonyl (C=O) groups is 1. The average Bonchev–Trinajstić information content (AvgIpc) is 2.28. The minimum Gasteiger partial charge on any atom is -0.335 e. The molecule has 2 nitrogen and oxygen atoms in total. The van der Waals surface area contributed by atoms with Gasteiger partial charge in [-0.25, -0.2) is 0 Å². The van der Waals surface area contributed by atoms with Crippen molar-refractivity contribution in [2.75, 3.05) is 12.4 Å². The molecule has 1 rings (SSSR count). The summed E-state index contributed by atoms with van der Waals surface area (Å²) in [7, 11) is 0. The molecule has 0 radical (unpaired) electrons. The van der Waals surface area contributed by atoms with Crippen LogP contribution < -0.4 is 0 Å². The van der Waals surface area contributed by atoms with Gasteiger partial charge in [0.2, 0.25) is 0 Å². The third kappa shape index (κ3) is 3.60. The van der Waals surface area contributed by atoms with Crippen LogP contribution in [-0.2, 0) is 0 Å². The molecule has 0 saturated heterocycles. The highest BCUT2D eigenvalue weighted by Gasteiger charge is 2.21. The summed E-state index contributed by atoms with van der Waals surface area (Å²) in [6.07, 6.45) is 0. The van der Waals surface area contributed by atoms with Crippen molar-refractivity contribution in [3.63, 3.8) is 0 Å². The molecule has 94 valence electrons. The Morgan fingerprint density at radius 2 is 2.12 bits per heavy atom. The van der Waals surface area contributed by atoms with Crippen molar-refractivity contribution in [2.24, 2.45) is 0 Å². The lowest BCUT2D eigenvalue weighted by Gasteiger charge is -2.26. The lowest BCUT2D eigenvalue weighted by atomic mass is 10.1. The summed E-state index contributed by atoms with van der Waals surface area (Å²) in [4.78, 5) is 14.0. The van der Waals surface area contributed by atoms with Crippen LogP contribution in [-0.4, -0.2) is 29.3 Å². The van der Waals surface area contributed by atoms with Crippen LogP contribution in [0.15, 0.2) is 22.7 Å². The Morgan fingerprint density at radius 3 is 2.65 bits per heavy atom. The second-order valence-corrected chi connectivity index (χ2v) is 5.49. The lowest BCUT2D eigenvalue weighted by molar-refractivity contribution is 0.0718. The first-order valence-corrected chi connectivity index (χ1v) is 7.00. The van der Waals surface area contributed by atoms with Gasteiger partial charge >= 0.3 is 0 Å². The first-order chi connectivity index (χ1) is 7.99. The van der Waals surface area contributed by atoms with Gasteiger partial charge < -0.3 is 4.90 Å². The third-order valence-corrected chi connectivity index (χ3v) is 3.86. The zero-order valence-corrected chi connectivity index (χ0v) is 12.8. The minimum atomic E-state index is -0.0908. The molecule has 0 heterocycles. The van der Waals surface area contributed by atoms with Crippen LogP contribution in [0.4, 0.5) is 0 Å². The Hall–Kier alpha value is -0.250. The van der Waals surface area contributed by atoms with Crippen LogP contribution in [0, 0.1) is 0 Å².